The second-order valence-electron chi connectivity index (χ2n) is 3.89. The zero-order chi connectivity index (χ0) is 9.97. The second kappa shape index (κ2) is 3.95. The minimum atomic E-state index is 0.239. The van der Waals surface area contributed by atoms with Gasteiger partial charge in [0.2, 0.25) is 0 Å². The molecule has 1 unspecified atom stereocenters. The molecule has 0 amide bonds. The van der Waals surface area contributed by atoms with Gasteiger partial charge in [0, 0.05) is 37.7 Å². The number of Topliss-reactive ketones (excluding diaryl/α,β-unsaturated/α-hetero) is 1. The molecule has 1 saturated carbocycles. The maximum absolute atomic E-state index is 11.5. The summed E-state index contributed by atoms with van der Waals surface area (Å²) in [5.74, 6) is 1.73. The van der Waals surface area contributed by atoms with Crippen molar-refractivity contribution in [3.8, 4) is 0 Å². The number of aryl methyl sites for hydroxylation is 1. The molecule has 0 aliphatic heterocycles. The molecule has 1 heterocycles. The van der Waals surface area contributed by atoms with Crippen LogP contribution in [0.2, 0.25) is 0 Å². The SMILES string of the molecule is CCn1ccnc1CC1CCCC1=O. The fraction of sp³-hybridized carbons (Fsp3) is 0.636. The van der Waals surface area contributed by atoms with Gasteiger partial charge in [-0.15, -0.1) is 0 Å². The van der Waals surface area contributed by atoms with Crippen LogP contribution in [0.25, 0.3) is 0 Å². The Morgan fingerprint density at radius 3 is 3.14 bits per heavy atom. The molecule has 0 bridgehead atoms. The van der Waals surface area contributed by atoms with Gasteiger partial charge in [0.1, 0.15) is 11.6 Å². The van der Waals surface area contributed by atoms with Crippen molar-refractivity contribution in [3.05, 3.63) is 18.2 Å². The average Bonchev–Trinajstić information content (AvgIpc) is 2.77. The Labute approximate surface area is 84.1 Å². The van der Waals surface area contributed by atoms with Crippen LogP contribution in [-0.4, -0.2) is 15.3 Å². The van der Waals surface area contributed by atoms with Crippen LogP contribution in [0.1, 0.15) is 32.0 Å². The highest BCUT2D eigenvalue weighted by Gasteiger charge is 2.25. The number of imidazole rings is 1. The lowest BCUT2D eigenvalue weighted by atomic mass is 10.0. The molecule has 0 aromatic carbocycles. The molecule has 1 atom stereocenters. The van der Waals surface area contributed by atoms with Crippen LogP contribution in [0.5, 0.6) is 0 Å². The van der Waals surface area contributed by atoms with Crippen LogP contribution in [0, 0.1) is 5.92 Å². The smallest absolute Gasteiger partial charge is 0.136 e. The normalized spacial score (nSPS) is 21.8. The van der Waals surface area contributed by atoms with Crippen LogP contribution < -0.4 is 0 Å². The van der Waals surface area contributed by atoms with E-state index in [1.54, 1.807) is 0 Å². The first-order valence-corrected chi connectivity index (χ1v) is 5.34. The van der Waals surface area contributed by atoms with Gasteiger partial charge in [-0.3, -0.25) is 4.79 Å². The molecule has 3 heteroatoms. The van der Waals surface area contributed by atoms with E-state index in [9.17, 15) is 4.79 Å². The van der Waals surface area contributed by atoms with Crippen LogP contribution in [-0.2, 0) is 17.8 Å². The summed E-state index contributed by atoms with van der Waals surface area (Å²) in [6.07, 6.45) is 7.52. The van der Waals surface area contributed by atoms with Crippen LogP contribution in [0.3, 0.4) is 0 Å². The molecule has 2 rings (SSSR count). The van der Waals surface area contributed by atoms with Crippen LogP contribution in [0.15, 0.2) is 12.4 Å². The van der Waals surface area contributed by atoms with E-state index >= 15 is 0 Å². The van der Waals surface area contributed by atoms with Gasteiger partial charge in [-0.25, -0.2) is 4.98 Å². The first-order valence-electron chi connectivity index (χ1n) is 5.34. The van der Waals surface area contributed by atoms with Gasteiger partial charge in [-0.05, 0) is 19.8 Å². The molecule has 1 aromatic rings. The summed E-state index contributed by atoms with van der Waals surface area (Å²) in [5, 5.41) is 0. The summed E-state index contributed by atoms with van der Waals surface area (Å²) in [5.41, 5.74) is 0. The van der Waals surface area contributed by atoms with Crippen LogP contribution in [0.4, 0.5) is 0 Å². The molecule has 0 spiro atoms. The zero-order valence-corrected chi connectivity index (χ0v) is 8.57. The predicted octanol–water partition coefficient (Wildman–Crippen LogP) is 1.81. The maximum Gasteiger partial charge on any atom is 0.136 e. The Balaban J connectivity index is 2.06. The second-order valence-corrected chi connectivity index (χ2v) is 3.89. The predicted molar refractivity (Wildman–Crippen MR) is 54.0 cm³/mol. The van der Waals surface area contributed by atoms with E-state index in [1.165, 1.54) is 0 Å². The molecule has 1 aromatic heterocycles. The molecule has 1 aliphatic carbocycles. The summed E-state index contributed by atoms with van der Waals surface area (Å²) in [6.45, 7) is 3.04. The lowest BCUT2D eigenvalue weighted by Gasteiger charge is -2.08. The molecular formula is C11H16N2O. The molecule has 1 fully saturated rings. The fourth-order valence-corrected chi connectivity index (χ4v) is 2.14. The van der Waals surface area contributed by atoms with E-state index in [-0.39, 0.29) is 5.92 Å². The number of aromatic nitrogens is 2. The maximum atomic E-state index is 11.5. The molecule has 0 N–H and O–H groups in total. The highest BCUT2D eigenvalue weighted by Crippen LogP contribution is 2.24. The van der Waals surface area contributed by atoms with Crippen molar-refractivity contribution in [2.24, 2.45) is 5.92 Å². The minimum Gasteiger partial charge on any atom is -0.335 e. The molecule has 3 nitrogen and oxygen atoms in total. The number of carbonyl (C=O) groups excluding carboxylic acids is 1. The average molecular weight is 192 g/mol. The minimum absolute atomic E-state index is 0.239. The third kappa shape index (κ3) is 1.72. The first kappa shape index (κ1) is 9.44. The summed E-state index contributed by atoms with van der Waals surface area (Å²) in [4.78, 5) is 15.8. The first-order chi connectivity index (χ1) is 6.81. The van der Waals surface area contributed by atoms with E-state index in [0.717, 1.165) is 38.1 Å². The zero-order valence-electron chi connectivity index (χ0n) is 8.57. The third-order valence-electron chi connectivity index (χ3n) is 3.00. The van der Waals surface area contributed by atoms with Crippen molar-refractivity contribution < 1.29 is 4.79 Å². The Morgan fingerprint density at radius 1 is 1.64 bits per heavy atom. The van der Waals surface area contributed by atoms with Gasteiger partial charge in [-0.2, -0.15) is 0 Å². The Morgan fingerprint density at radius 2 is 2.50 bits per heavy atom. The van der Waals surface area contributed by atoms with E-state index in [4.69, 9.17) is 0 Å². The molecule has 0 radical (unpaired) electrons. The Hall–Kier alpha value is -1.12. The van der Waals surface area contributed by atoms with Gasteiger partial charge in [0.05, 0.1) is 0 Å². The number of hydrogen-bond acceptors (Lipinski definition) is 2. The lowest BCUT2D eigenvalue weighted by Crippen LogP contribution is -2.13. The Kier molecular flexibility index (Phi) is 2.66. The van der Waals surface area contributed by atoms with Gasteiger partial charge >= 0.3 is 0 Å². The van der Waals surface area contributed by atoms with Crippen molar-refractivity contribution in [1.82, 2.24) is 9.55 Å². The van der Waals surface area contributed by atoms with Crippen molar-refractivity contribution in [1.29, 1.82) is 0 Å². The van der Waals surface area contributed by atoms with E-state index in [1.807, 2.05) is 12.4 Å². The van der Waals surface area contributed by atoms with Crippen molar-refractivity contribution in [3.63, 3.8) is 0 Å². The third-order valence-corrected chi connectivity index (χ3v) is 3.00. The highest BCUT2D eigenvalue weighted by atomic mass is 16.1. The van der Waals surface area contributed by atoms with Gasteiger partial charge in [0.25, 0.3) is 0 Å². The quantitative estimate of drug-likeness (QED) is 0.732. The molecule has 0 saturated heterocycles. The van der Waals surface area contributed by atoms with Crippen LogP contribution >= 0.6 is 0 Å². The van der Waals surface area contributed by atoms with Crippen molar-refractivity contribution in [2.45, 2.75) is 39.2 Å². The number of hydrogen-bond donors (Lipinski definition) is 0. The molecule has 76 valence electrons. The van der Waals surface area contributed by atoms with E-state index in [0.29, 0.717) is 5.78 Å². The number of carbonyl (C=O) groups is 1. The van der Waals surface area contributed by atoms with E-state index < -0.39 is 0 Å². The summed E-state index contributed by atoms with van der Waals surface area (Å²) in [6, 6.07) is 0. The van der Waals surface area contributed by atoms with E-state index in [2.05, 4.69) is 16.5 Å². The van der Waals surface area contributed by atoms with Gasteiger partial charge < -0.3 is 4.57 Å². The van der Waals surface area contributed by atoms with Gasteiger partial charge in [0.15, 0.2) is 0 Å². The van der Waals surface area contributed by atoms with Crippen molar-refractivity contribution in [2.75, 3.05) is 0 Å². The number of ketones is 1. The summed E-state index contributed by atoms with van der Waals surface area (Å²) < 4.78 is 2.12. The highest BCUT2D eigenvalue weighted by molar-refractivity contribution is 5.83. The topological polar surface area (TPSA) is 34.9 Å². The monoisotopic (exact) mass is 192 g/mol. The standard InChI is InChI=1S/C11H16N2O/c1-2-13-7-6-12-11(13)8-9-4-3-5-10(9)14/h6-7,9H,2-5,8H2,1H3. The summed E-state index contributed by atoms with van der Waals surface area (Å²) >= 11 is 0. The largest absolute Gasteiger partial charge is 0.335 e. The lowest BCUT2D eigenvalue weighted by molar-refractivity contribution is -0.120. The summed E-state index contributed by atoms with van der Waals surface area (Å²) in [7, 11) is 0. The fourth-order valence-electron chi connectivity index (χ4n) is 2.14. The van der Waals surface area contributed by atoms with Crippen molar-refractivity contribution >= 4 is 5.78 Å². The molecular weight excluding hydrogens is 176 g/mol. The number of nitrogens with zero attached hydrogens (tertiary/aromatic N) is 2. The number of rotatable bonds is 3. The molecule has 14 heavy (non-hydrogen) atoms. The molecule has 1 aliphatic rings. The van der Waals surface area contributed by atoms with Gasteiger partial charge in [-0.1, -0.05) is 0 Å². The Bertz CT molecular complexity index is 330.